The number of hydrogen-bond donors (Lipinski definition) is 2. The summed E-state index contributed by atoms with van der Waals surface area (Å²) in [5, 5.41) is 0. The third-order valence-corrected chi connectivity index (χ3v) is 1.86. The number of nitrogens with one attached hydrogen (secondary N) is 1. The van der Waals surface area contributed by atoms with E-state index < -0.39 is 5.91 Å². The minimum Gasteiger partial charge on any atom is -0.364 e. The zero-order chi connectivity index (χ0) is 11.3. The van der Waals surface area contributed by atoms with Gasteiger partial charge in [0.05, 0.1) is 0 Å². The summed E-state index contributed by atoms with van der Waals surface area (Å²) in [7, 11) is 0. The lowest BCUT2D eigenvalue weighted by Gasteiger charge is -1.91. The van der Waals surface area contributed by atoms with Gasteiger partial charge in [0, 0.05) is 11.3 Å². The standard InChI is InChI=1S/C8H10N2O2.C2H6/c1-4-6(3-11)5(2)10-7(4)8(9)12;1-2/h3,10H,1-2H3,(H2,9,12);1-2H3. The number of carbonyl (C=O) groups excluding carboxylic acids is 2. The maximum Gasteiger partial charge on any atom is 0.265 e. The highest BCUT2D eigenvalue weighted by Gasteiger charge is 2.13. The molecule has 0 unspecified atom stereocenters. The number of nitrogens with two attached hydrogens (primary N) is 1. The molecule has 0 aromatic carbocycles. The summed E-state index contributed by atoms with van der Waals surface area (Å²) in [6, 6.07) is 0. The number of rotatable bonds is 2. The van der Waals surface area contributed by atoms with E-state index in [0.717, 1.165) is 0 Å². The van der Waals surface area contributed by atoms with Crippen LogP contribution in [-0.2, 0) is 0 Å². The number of H-pyrrole nitrogens is 1. The molecule has 0 aliphatic heterocycles. The van der Waals surface area contributed by atoms with E-state index in [9.17, 15) is 9.59 Å². The van der Waals surface area contributed by atoms with E-state index in [1.165, 1.54) is 0 Å². The lowest BCUT2D eigenvalue weighted by molar-refractivity contribution is 0.0995. The van der Waals surface area contributed by atoms with Gasteiger partial charge in [0.25, 0.3) is 5.91 Å². The van der Waals surface area contributed by atoms with Crippen LogP contribution in [-0.4, -0.2) is 17.2 Å². The first-order chi connectivity index (χ1) is 6.57. The quantitative estimate of drug-likeness (QED) is 0.704. The Hall–Kier alpha value is -1.58. The van der Waals surface area contributed by atoms with Gasteiger partial charge in [-0.2, -0.15) is 0 Å². The van der Waals surface area contributed by atoms with Crippen molar-refractivity contribution in [3.63, 3.8) is 0 Å². The Kier molecular flexibility index (Phi) is 4.63. The van der Waals surface area contributed by atoms with Crippen molar-refractivity contribution >= 4 is 12.2 Å². The molecular formula is C10H16N2O2. The number of carbonyl (C=O) groups is 2. The molecule has 4 heteroatoms. The first kappa shape index (κ1) is 12.4. The first-order valence-corrected chi connectivity index (χ1v) is 4.52. The zero-order valence-corrected chi connectivity index (χ0v) is 8.97. The van der Waals surface area contributed by atoms with Crippen LogP contribution in [0, 0.1) is 13.8 Å². The van der Waals surface area contributed by atoms with E-state index >= 15 is 0 Å². The van der Waals surface area contributed by atoms with E-state index in [1.54, 1.807) is 13.8 Å². The van der Waals surface area contributed by atoms with Gasteiger partial charge in [0.1, 0.15) is 5.69 Å². The maximum atomic E-state index is 10.8. The molecule has 1 rings (SSSR count). The Morgan fingerprint density at radius 2 is 1.86 bits per heavy atom. The molecule has 1 heterocycles. The molecule has 0 radical (unpaired) electrons. The second-order valence-corrected chi connectivity index (χ2v) is 2.65. The normalized spacial score (nSPS) is 8.86. The molecule has 1 aromatic heterocycles. The van der Waals surface area contributed by atoms with Crippen LogP contribution in [0.25, 0.3) is 0 Å². The maximum absolute atomic E-state index is 10.8. The zero-order valence-electron chi connectivity index (χ0n) is 8.97. The Labute approximate surface area is 83.5 Å². The highest BCUT2D eigenvalue weighted by atomic mass is 16.1. The van der Waals surface area contributed by atoms with Crippen molar-refractivity contribution in [2.24, 2.45) is 5.73 Å². The van der Waals surface area contributed by atoms with E-state index in [1.807, 2.05) is 13.8 Å². The highest BCUT2D eigenvalue weighted by Crippen LogP contribution is 2.14. The van der Waals surface area contributed by atoms with Gasteiger partial charge >= 0.3 is 0 Å². The third kappa shape index (κ3) is 2.22. The van der Waals surface area contributed by atoms with Crippen molar-refractivity contribution in [3.05, 3.63) is 22.5 Å². The first-order valence-electron chi connectivity index (χ1n) is 4.52. The predicted octanol–water partition coefficient (Wildman–Crippen LogP) is 1.57. The van der Waals surface area contributed by atoms with Crippen LogP contribution in [0.5, 0.6) is 0 Å². The van der Waals surface area contributed by atoms with Gasteiger partial charge in [0.2, 0.25) is 0 Å². The number of aromatic nitrogens is 1. The fourth-order valence-electron chi connectivity index (χ4n) is 1.19. The monoisotopic (exact) mass is 196 g/mol. The third-order valence-electron chi connectivity index (χ3n) is 1.86. The van der Waals surface area contributed by atoms with Crippen LogP contribution in [0.1, 0.15) is 46.0 Å². The molecule has 1 aromatic rings. The molecule has 1 amide bonds. The number of aldehydes is 1. The van der Waals surface area contributed by atoms with Gasteiger partial charge in [-0.1, -0.05) is 13.8 Å². The average Bonchev–Trinajstić information content (AvgIpc) is 2.45. The van der Waals surface area contributed by atoms with Crippen molar-refractivity contribution in [1.29, 1.82) is 0 Å². The van der Waals surface area contributed by atoms with E-state index in [2.05, 4.69) is 4.98 Å². The molecule has 0 saturated carbocycles. The summed E-state index contributed by atoms with van der Waals surface area (Å²) in [5.41, 5.74) is 7.19. The molecule has 78 valence electrons. The molecule has 3 N–H and O–H groups in total. The average molecular weight is 196 g/mol. The Morgan fingerprint density at radius 3 is 2.07 bits per heavy atom. The van der Waals surface area contributed by atoms with Crippen LogP contribution >= 0.6 is 0 Å². The molecule has 0 bridgehead atoms. The number of aromatic amines is 1. The van der Waals surface area contributed by atoms with Crippen molar-refractivity contribution in [2.75, 3.05) is 0 Å². The van der Waals surface area contributed by atoms with Crippen LogP contribution < -0.4 is 5.73 Å². The molecular weight excluding hydrogens is 180 g/mol. The summed E-state index contributed by atoms with van der Waals surface area (Å²) < 4.78 is 0. The van der Waals surface area contributed by atoms with Crippen molar-refractivity contribution < 1.29 is 9.59 Å². The van der Waals surface area contributed by atoms with Crippen LogP contribution in [0.3, 0.4) is 0 Å². The van der Waals surface area contributed by atoms with E-state index in [0.29, 0.717) is 28.8 Å². The lowest BCUT2D eigenvalue weighted by Crippen LogP contribution is -2.12. The lowest BCUT2D eigenvalue weighted by atomic mass is 10.1. The molecule has 4 nitrogen and oxygen atoms in total. The molecule has 0 saturated heterocycles. The largest absolute Gasteiger partial charge is 0.364 e. The molecule has 0 spiro atoms. The van der Waals surface area contributed by atoms with E-state index in [4.69, 9.17) is 5.73 Å². The minimum atomic E-state index is -0.538. The van der Waals surface area contributed by atoms with Crippen molar-refractivity contribution in [3.8, 4) is 0 Å². The summed E-state index contributed by atoms with van der Waals surface area (Å²) in [5.74, 6) is -0.538. The SMILES string of the molecule is CC.Cc1[nH]c(C(N)=O)c(C)c1C=O. The summed E-state index contributed by atoms with van der Waals surface area (Å²) in [4.78, 5) is 24.0. The Balaban J connectivity index is 0.000000791. The van der Waals surface area contributed by atoms with Gasteiger partial charge in [-0.25, -0.2) is 0 Å². The molecule has 0 aliphatic carbocycles. The summed E-state index contributed by atoms with van der Waals surface area (Å²) >= 11 is 0. The van der Waals surface area contributed by atoms with Crippen LogP contribution in [0.4, 0.5) is 0 Å². The number of primary amides is 1. The van der Waals surface area contributed by atoms with Crippen LogP contribution in [0.2, 0.25) is 0 Å². The number of amides is 1. The van der Waals surface area contributed by atoms with Crippen LogP contribution in [0.15, 0.2) is 0 Å². The highest BCUT2D eigenvalue weighted by molar-refractivity contribution is 5.96. The van der Waals surface area contributed by atoms with E-state index in [-0.39, 0.29) is 0 Å². The van der Waals surface area contributed by atoms with Gasteiger partial charge in [-0.3, -0.25) is 9.59 Å². The minimum absolute atomic E-state index is 0.314. The van der Waals surface area contributed by atoms with Gasteiger partial charge in [0.15, 0.2) is 6.29 Å². The molecule has 0 atom stereocenters. The van der Waals surface area contributed by atoms with Crippen molar-refractivity contribution in [1.82, 2.24) is 4.98 Å². The fraction of sp³-hybridized carbons (Fsp3) is 0.400. The molecule has 14 heavy (non-hydrogen) atoms. The predicted molar refractivity (Wildman–Crippen MR) is 55.5 cm³/mol. The van der Waals surface area contributed by atoms with Gasteiger partial charge in [-0.15, -0.1) is 0 Å². The second-order valence-electron chi connectivity index (χ2n) is 2.65. The Bertz CT molecular complexity index is 340. The number of hydrogen-bond acceptors (Lipinski definition) is 2. The molecule has 0 aliphatic rings. The topological polar surface area (TPSA) is 76.0 Å². The second kappa shape index (κ2) is 5.21. The van der Waals surface area contributed by atoms with Gasteiger partial charge < -0.3 is 10.7 Å². The van der Waals surface area contributed by atoms with Gasteiger partial charge in [-0.05, 0) is 19.4 Å². The summed E-state index contributed by atoms with van der Waals surface area (Å²) in [6.45, 7) is 7.41. The summed E-state index contributed by atoms with van der Waals surface area (Å²) in [6.07, 6.45) is 0.716. The smallest absolute Gasteiger partial charge is 0.265 e. The fourth-order valence-corrected chi connectivity index (χ4v) is 1.19. The number of aryl methyl sites for hydroxylation is 1. The molecule has 0 fully saturated rings. The van der Waals surface area contributed by atoms with Crippen molar-refractivity contribution in [2.45, 2.75) is 27.7 Å². The Morgan fingerprint density at radius 1 is 1.36 bits per heavy atom.